The van der Waals surface area contributed by atoms with Gasteiger partial charge >= 0.3 is 29.6 Å². The maximum absolute atomic E-state index is 12.7. The van der Waals surface area contributed by atoms with Gasteiger partial charge in [-0.15, -0.1) is 0 Å². The molecule has 0 radical (unpaired) electrons. The van der Waals surface area contributed by atoms with Crippen molar-refractivity contribution in [1.29, 1.82) is 0 Å². The van der Waals surface area contributed by atoms with E-state index < -0.39 is 21.7 Å². The van der Waals surface area contributed by atoms with Crippen LogP contribution in [0.25, 0.3) is 0 Å². The van der Waals surface area contributed by atoms with E-state index in [1.807, 2.05) is 0 Å². The van der Waals surface area contributed by atoms with Gasteiger partial charge in [0.15, 0.2) is 0 Å². The van der Waals surface area contributed by atoms with Crippen molar-refractivity contribution in [3.63, 3.8) is 0 Å². The predicted molar refractivity (Wildman–Crippen MR) is 55.3 cm³/mol. The molecular formula is C8H9BrFNaO3S. The molecule has 3 nitrogen and oxygen atoms in total. The van der Waals surface area contributed by atoms with Crippen molar-refractivity contribution in [3.05, 3.63) is 34.1 Å². The Morgan fingerprint density at radius 1 is 1.47 bits per heavy atom. The molecular weight excluding hydrogens is 298 g/mol. The van der Waals surface area contributed by atoms with E-state index in [4.69, 9.17) is 4.55 Å². The summed E-state index contributed by atoms with van der Waals surface area (Å²) < 4.78 is 42.8. The summed E-state index contributed by atoms with van der Waals surface area (Å²) in [6.45, 7) is 0. The summed E-state index contributed by atoms with van der Waals surface area (Å²) >= 11 is 3.16. The molecule has 1 N–H and O–H groups in total. The molecule has 0 unspecified atom stereocenters. The van der Waals surface area contributed by atoms with Gasteiger partial charge in [0, 0.05) is 4.47 Å². The minimum absolute atomic E-state index is 0. The monoisotopic (exact) mass is 306 g/mol. The van der Waals surface area contributed by atoms with E-state index in [0.29, 0.717) is 10.0 Å². The van der Waals surface area contributed by atoms with E-state index in [2.05, 4.69) is 15.9 Å². The molecule has 0 bridgehead atoms. The summed E-state index contributed by atoms with van der Waals surface area (Å²) in [5, 5.41) is 0. The van der Waals surface area contributed by atoms with Crippen LogP contribution in [0.4, 0.5) is 4.39 Å². The van der Waals surface area contributed by atoms with Crippen LogP contribution in [0.3, 0.4) is 0 Å². The topological polar surface area (TPSA) is 54.4 Å². The van der Waals surface area contributed by atoms with Crippen LogP contribution in [-0.2, 0) is 16.5 Å². The van der Waals surface area contributed by atoms with Gasteiger partial charge in [0.1, 0.15) is 5.82 Å². The molecule has 0 fully saturated rings. The van der Waals surface area contributed by atoms with Crippen LogP contribution in [0.15, 0.2) is 22.7 Å². The first kappa shape index (κ1) is 15.5. The molecule has 0 atom stereocenters. The Labute approximate surface area is 120 Å². The fourth-order valence-corrected chi connectivity index (χ4v) is 1.90. The summed E-state index contributed by atoms with van der Waals surface area (Å²) in [6, 6.07) is 3.99. The number of benzene rings is 1. The van der Waals surface area contributed by atoms with Crippen molar-refractivity contribution < 1.29 is 48.3 Å². The normalized spacial score (nSPS) is 10.9. The zero-order valence-electron chi connectivity index (χ0n) is 9.07. The summed E-state index contributed by atoms with van der Waals surface area (Å²) in [5.74, 6) is -0.840. The first-order valence-corrected chi connectivity index (χ1v) is 6.18. The Balaban J connectivity index is 0. The molecule has 0 aromatic heterocycles. The van der Waals surface area contributed by atoms with Gasteiger partial charge in [-0.3, -0.25) is 4.55 Å². The summed E-state index contributed by atoms with van der Waals surface area (Å²) in [7, 11) is -4.00. The van der Waals surface area contributed by atoms with Crippen molar-refractivity contribution in [3.8, 4) is 0 Å². The van der Waals surface area contributed by atoms with Crippen LogP contribution in [-0.4, -0.2) is 18.7 Å². The third kappa shape index (κ3) is 5.99. The number of hydrogen-bond acceptors (Lipinski definition) is 2. The molecule has 0 aliphatic carbocycles. The molecule has 0 aliphatic heterocycles. The molecule has 0 spiro atoms. The predicted octanol–water partition coefficient (Wildman–Crippen LogP) is -0.865. The van der Waals surface area contributed by atoms with Gasteiger partial charge < -0.3 is 1.43 Å². The fraction of sp³-hybridized carbons (Fsp3) is 0.250. The Morgan fingerprint density at radius 3 is 2.60 bits per heavy atom. The van der Waals surface area contributed by atoms with Gasteiger partial charge in [0.05, 0.1) is 5.75 Å². The molecule has 0 saturated carbocycles. The van der Waals surface area contributed by atoms with Gasteiger partial charge in [0.25, 0.3) is 10.1 Å². The molecule has 7 heteroatoms. The number of rotatable bonds is 3. The molecule has 0 aliphatic rings. The summed E-state index contributed by atoms with van der Waals surface area (Å²) in [4.78, 5) is 0. The Morgan fingerprint density at radius 2 is 2.07 bits per heavy atom. The van der Waals surface area contributed by atoms with Gasteiger partial charge in [0.2, 0.25) is 0 Å². The molecule has 0 heterocycles. The molecule has 1 rings (SSSR count). The van der Waals surface area contributed by atoms with Crippen LogP contribution in [0.5, 0.6) is 0 Å². The van der Waals surface area contributed by atoms with E-state index in [1.54, 1.807) is 0 Å². The van der Waals surface area contributed by atoms with Crippen LogP contribution < -0.4 is 29.6 Å². The van der Waals surface area contributed by atoms with Crippen molar-refractivity contribution in [1.82, 2.24) is 0 Å². The first-order chi connectivity index (χ1) is 6.38. The SMILES string of the molecule is O=S(=O)(O)CCc1cc(F)ccc1Br.[H-].[Na+]. The molecule has 80 valence electrons. The number of hydrogen-bond donors (Lipinski definition) is 1. The fourth-order valence-electron chi connectivity index (χ4n) is 0.974. The second-order valence-electron chi connectivity index (χ2n) is 2.77. The molecule has 1 aromatic rings. The maximum Gasteiger partial charge on any atom is 1.00 e. The van der Waals surface area contributed by atoms with Gasteiger partial charge in [-0.2, -0.15) is 8.42 Å². The quantitative estimate of drug-likeness (QED) is 0.584. The summed E-state index contributed by atoms with van der Waals surface area (Å²) in [5.41, 5.74) is 0.516. The van der Waals surface area contributed by atoms with Crippen LogP contribution in [0.1, 0.15) is 6.99 Å². The third-order valence-electron chi connectivity index (χ3n) is 1.64. The van der Waals surface area contributed by atoms with Crippen molar-refractivity contribution >= 4 is 26.0 Å². The molecule has 15 heavy (non-hydrogen) atoms. The van der Waals surface area contributed by atoms with Gasteiger partial charge in [-0.1, -0.05) is 15.9 Å². The smallest absolute Gasteiger partial charge is 1.00 e. The molecule has 0 saturated heterocycles. The largest absolute Gasteiger partial charge is 1.00 e. The van der Waals surface area contributed by atoms with E-state index >= 15 is 0 Å². The van der Waals surface area contributed by atoms with E-state index in [0.717, 1.165) is 0 Å². The average molecular weight is 307 g/mol. The standard InChI is InChI=1S/C8H8BrFO3S.Na.H/c9-8-2-1-7(10)5-6(8)3-4-14(11,12)13;;/h1-2,5H,3-4H2,(H,11,12,13);;/q;+1;-1. The third-order valence-corrected chi connectivity index (χ3v) is 3.13. The van der Waals surface area contributed by atoms with E-state index in [9.17, 15) is 12.8 Å². The Hall–Kier alpha value is 0.540. The molecule has 1 aromatic carbocycles. The van der Waals surface area contributed by atoms with E-state index in [-0.39, 0.29) is 37.4 Å². The van der Waals surface area contributed by atoms with E-state index in [1.165, 1.54) is 18.2 Å². The second kappa shape index (κ2) is 6.32. The Kier molecular flexibility index (Phi) is 6.55. The second-order valence-corrected chi connectivity index (χ2v) is 5.20. The van der Waals surface area contributed by atoms with Crippen LogP contribution >= 0.6 is 15.9 Å². The average Bonchev–Trinajstić information content (AvgIpc) is 2.05. The van der Waals surface area contributed by atoms with Crippen LogP contribution in [0, 0.1) is 5.82 Å². The van der Waals surface area contributed by atoms with Gasteiger partial charge in [-0.25, -0.2) is 4.39 Å². The summed E-state index contributed by atoms with van der Waals surface area (Å²) in [6.07, 6.45) is 0.0805. The first-order valence-electron chi connectivity index (χ1n) is 3.77. The number of halogens is 2. The minimum atomic E-state index is -4.00. The number of aryl methyl sites for hydroxylation is 1. The minimum Gasteiger partial charge on any atom is -1.00 e. The van der Waals surface area contributed by atoms with Crippen molar-refractivity contribution in [2.75, 3.05) is 5.75 Å². The van der Waals surface area contributed by atoms with Crippen LogP contribution in [0.2, 0.25) is 0 Å². The zero-order valence-corrected chi connectivity index (χ0v) is 12.5. The zero-order chi connectivity index (χ0) is 10.8. The van der Waals surface area contributed by atoms with Crippen molar-refractivity contribution in [2.45, 2.75) is 6.42 Å². The maximum atomic E-state index is 12.7. The van der Waals surface area contributed by atoms with Gasteiger partial charge in [-0.05, 0) is 30.2 Å². The van der Waals surface area contributed by atoms with Crippen molar-refractivity contribution in [2.24, 2.45) is 0 Å². The Bertz CT molecular complexity index is 441. The molecule has 0 amide bonds.